The first-order chi connectivity index (χ1) is 4.63. The Morgan fingerprint density at radius 1 is 0.938 bits per heavy atom. The van der Waals surface area contributed by atoms with Crippen LogP contribution in [0, 0.1) is 0 Å². The number of halogens is 1. The molecule has 0 fully saturated rings. The summed E-state index contributed by atoms with van der Waals surface area (Å²) < 4.78 is 0. The number of aliphatic carboxylic acids is 2. The molecule has 0 amide bonds. The standard InChI is InChI=1S/C6H10O4.Ba.BrH.Cr.Cu.Pb.Sn.6H/c7-5(8)3-1-2-4-6(9)10;;;;;;;;;;;;/h1-4H2,(H,7,8)(H,9,10);;1H;;;;;;;;;;. The fourth-order valence-electron chi connectivity index (χ4n) is 0.552. The average Bonchev–Trinajstić information content (AvgIpc) is 1.79. The summed E-state index contributed by atoms with van der Waals surface area (Å²) in [5, 5.41) is 16.3. The molecule has 10 heteroatoms. The molecule has 0 saturated carbocycles. The summed E-state index contributed by atoms with van der Waals surface area (Å²) in [5.74, 6) is -1.74. The van der Waals surface area contributed by atoms with Gasteiger partial charge in [-0.1, -0.05) is 0 Å². The topological polar surface area (TPSA) is 74.6 Å². The third-order valence-electron chi connectivity index (χ3n) is 1.03. The number of carbonyl (C=O) groups is 2. The molecule has 0 spiro atoms. The summed E-state index contributed by atoms with van der Waals surface area (Å²) in [6.45, 7) is 0. The zero-order valence-electron chi connectivity index (χ0n) is 8.07. The Kier molecular flexibility index (Phi) is 83.4. The van der Waals surface area contributed by atoms with Gasteiger partial charge < -0.3 is 10.2 Å². The molecule has 0 aromatic heterocycles. The fraction of sp³-hybridized carbons (Fsp3) is 0.667. The van der Waals surface area contributed by atoms with E-state index in [4.69, 9.17) is 10.2 Å². The van der Waals surface area contributed by atoms with E-state index in [1.807, 2.05) is 0 Å². The van der Waals surface area contributed by atoms with Crippen LogP contribution >= 0.6 is 17.0 Å². The summed E-state index contributed by atoms with van der Waals surface area (Å²) in [6, 6.07) is 0. The molecule has 99 valence electrons. The van der Waals surface area contributed by atoms with Gasteiger partial charge in [-0.2, -0.15) is 0 Å². The molecule has 0 aliphatic rings. The van der Waals surface area contributed by atoms with Gasteiger partial charge in [0.15, 0.2) is 0 Å². The molecule has 0 aromatic rings. The van der Waals surface area contributed by atoms with E-state index in [0.29, 0.717) is 12.8 Å². The third kappa shape index (κ3) is 43.1. The van der Waals surface area contributed by atoms with Crippen LogP contribution in [0.5, 0.6) is 0 Å². The van der Waals surface area contributed by atoms with Gasteiger partial charge in [-0.15, -0.1) is 17.0 Å². The van der Waals surface area contributed by atoms with Gasteiger partial charge in [0.05, 0.1) is 0 Å². The first kappa shape index (κ1) is 42.7. The Bertz CT molecular complexity index is 144. The predicted octanol–water partition coefficient (Wildman–Crippen LogP) is -1.46. The van der Waals surface area contributed by atoms with E-state index < -0.39 is 11.9 Å². The van der Waals surface area contributed by atoms with Gasteiger partial charge in [0.2, 0.25) is 0 Å². The van der Waals surface area contributed by atoms with Crippen LogP contribution in [0.2, 0.25) is 0 Å². The van der Waals surface area contributed by atoms with Gasteiger partial charge in [-0.25, -0.2) is 0 Å². The van der Waals surface area contributed by atoms with Gasteiger partial charge in [0, 0.05) is 47.3 Å². The molecular formula is C6H17BaBrCrCuO4PbSn. The van der Waals surface area contributed by atoms with Crippen molar-refractivity contribution in [2.75, 3.05) is 0 Å². The van der Waals surface area contributed by atoms with Crippen LogP contribution in [0.1, 0.15) is 25.7 Å². The first-order valence-electron chi connectivity index (χ1n) is 3.06. The third-order valence-corrected chi connectivity index (χ3v) is 1.03. The van der Waals surface area contributed by atoms with Gasteiger partial charge in [-0.05, 0) is 12.8 Å². The Hall–Kier alpha value is 3.76. The van der Waals surface area contributed by atoms with Gasteiger partial charge in [-0.3, -0.25) is 9.59 Å². The van der Waals surface area contributed by atoms with E-state index in [9.17, 15) is 9.59 Å². The summed E-state index contributed by atoms with van der Waals surface area (Å²) in [7, 11) is 0. The molecule has 0 aromatic carbocycles. The van der Waals surface area contributed by atoms with Crippen molar-refractivity contribution in [1.82, 2.24) is 0 Å². The minimum atomic E-state index is -0.870. The molecule has 0 aliphatic heterocycles. The van der Waals surface area contributed by atoms with Crippen molar-refractivity contribution in [2.24, 2.45) is 0 Å². The summed E-state index contributed by atoms with van der Waals surface area (Å²) in [4.78, 5) is 19.8. The summed E-state index contributed by atoms with van der Waals surface area (Å²) >= 11 is 0. The number of rotatable bonds is 5. The van der Waals surface area contributed by atoms with E-state index in [1.165, 1.54) is 0 Å². The van der Waals surface area contributed by atoms with Crippen molar-refractivity contribution in [1.29, 1.82) is 0 Å². The second-order valence-electron chi connectivity index (χ2n) is 1.99. The zero-order chi connectivity index (χ0) is 7.98. The first-order valence-corrected chi connectivity index (χ1v) is 3.06. The molecule has 0 bridgehead atoms. The Morgan fingerprint density at radius 2 is 1.12 bits per heavy atom. The fourth-order valence-corrected chi connectivity index (χ4v) is 0.552. The van der Waals surface area contributed by atoms with Crippen LogP contribution in [0.4, 0.5) is 0 Å². The maximum absolute atomic E-state index is 9.90. The molecule has 5 radical (unpaired) electrons. The number of carboxylic acid groups (broad SMARTS) is 2. The minimum absolute atomic E-state index is 0. The number of hydrogen-bond donors (Lipinski definition) is 2. The molecule has 0 heterocycles. The van der Waals surface area contributed by atoms with Crippen molar-refractivity contribution >= 4 is 129 Å². The summed E-state index contributed by atoms with van der Waals surface area (Å²) in [5.41, 5.74) is 0. The van der Waals surface area contributed by atoms with Crippen LogP contribution in [-0.2, 0) is 44.0 Å². The van der Waals surface area contributed by atoms with Gasteiger partial charge in [0.25, 0.3) is 0 Å². The molecule has 0 aliphatic carbocycles. The van der Waals surface area contributed by atoms with Gasteiger partial charge >= 0.3 is 112 Å². The van der Waals surface area contributed by atoms with Crippen molar-refractivity contribution in [3.8, 4) is 0 Å². The predicted molar refractivity (Wildman–Crippen MR) is 69.7 cm³/mol. The number of hydrogen-bond acceptors (Lipinski definition) is 2. The monoisotopic (exact) mass is 813 g/mol. The van der Waals surface area contributed by atoms with Crippen molar-refractivity contribution < 1.29 is 54.2 Å². The number of carboxylic acids is 2. The van der Waals surface area contributed by atoms with Crippen LogP contribution in [-0.4, -0.2) is 122 Å². The zero-order valence-corrected chi connectivity index (χ0v) is 21.5. The number of unbranched alkanes of at least 4 members (excludes halogenated alkanes) is 1. The molecule has 0 saturated heterocycles. The van der Waals surface area contributed by atoms with E-state index in [0.717, 1.165) is 0 Å². The van der Waals surface area contributed by atoms with Crippen LogP contribution in [0.25, 0.3) is 0 Å². The quantitative estimate of drug-likeness (QED) is 0.264. The molecule has 4 nitrogen and oxygen atoms in total. The van der Waals surface area contributed by atoms with Crippen molar-refractivity contribution in [3.05, 3.63) is 0 Å². The Morgan fingerprint density at radius 3 is 1.25 bits per heavy atom. The molecule has 2 N–H and O–H groups in total. The van der Waals surface area contributed by atoms with E-state index in [2.05, 4.69) is 0 Å². The molecular weight excluding hydrogens is 795 g/mol. The van der Waals surface area contributed by atoms with Crippen LogP contribution in [0.15, 0.2) is 0 Å². The summed E-state index contributed by atoms with van der Waals surface area (Å²) in [6.07, 6.45) is 1.02. The van der Waals surface area contributed by atoms with Crippen molar-refractivity contribution in [3.63, 3.8) is 0 Å². The molecule has 16 heavy (non-hydrogen) atoms. The maximum atomic E-state index is 9.90. The van der Waals surface area contributed by atoms with E-state index in [-0.39, 0.29) is 164 Å². The van der Waals surface area contributed by atoms with Gasteiger partial charge in [0.1, 0.15) is 0 Å². The molecule has 0 atom stereocenters. The molecule has 0 unspecified atom stereocenters. The van der Waals surface area contributed by atoms with E-state index >= 15 is 0 Å². The van der Waals surface area contributed by atoms with Crippen LogP contribution < -0.4 is 0 Å². The normalized spacial score (nSPS) is 5.75. The Labute approximate surface area is 204 Å². The second-order valence-corrected chi connectivity index (χ2v) is 1.99. The Balaban J connectivity index is -0.0000000270. The SMILES string of the molecule is Br.O=C(O)CCCCC(=O)O.[BaH2].[Cr].[Cu].[PbH2].[SnH2]. The van der Waals surface area contributed by atoms with E-state index in [1.54, 1.807) is 0 Å². The average molecular weight is 812 g/mol. The van der Waals surface area contributed by atoms with Crippen LogP contribution in [0.3, 0.4) is 0 Å². The van der Waals surface area contributed by atoms with Crippen molar-refractivity contribution in [2.45, 2.75) is 25.7 Å². The molecule has 0 rings (SSSR count). The second kappa shape index (κ2) is 31.3.